The van der Waals surface area contributed by atoms with E-state index in [1.54, 1.807) is 0 Å². The van der Waals surface area contributed by atoms with E-state index in [0.717, 1.165) is 12.5 Å². The fourth-order valence-corrected chi connectivity index (χ4v) is 3.33. The van der Waals surface area contributed by atoms with Crippen LogP contribution in [-0.4, -0.2) is 20.1 Å². The van der Waals surface area contributed by atoms with E-state index in [1.165, 1.54) is 54.5 Å². The van der Waals surface area contributed by atoms with Crippen LogP contribution in [0.3, 0.4) is 0 Å². The van der Waals surface area contributed by atoms with Crippen molar-refractivity contribution in [1.29, 1.82) is 0 Å². The lowest BCUT2D eigenvalue weighted by Crippen LogP contribution is -2.26. The lowest BCUT2D eigenvalue weighted by molar-refractivity contribution is 0.459. The molecule has 0 aromatic heterocycles. The summed E-state index contributed by atoms with van der Waals surface area (Å²) in [4.78, 5) is 2.58. The molecule has 0 saturated carbocycles. The maximum absolute atomic E-state index is 3.61. The molecule has 2 rings (SSSR count). The van der Waals surface area contributed by atoms with Gasteiger partial charge in [-0.05, 0) is 49.9 Å². The van der Waals surface area contributed by atoms with E-state index >= 15 is 0 Å². The molecule has 1 atom stereocenters. The molecule has 0 amide bonds. The van der Waals surface area contributed by atoms with Crippen molar-refractivity contribution in [2.45, 2.75) is 39.2 Å². The van der Waals surface area contributed by atoms with Crippen LogP contribution in [0.5, 0.6) is 0 Å². The van der Waals surface area contributed by atoms with E-state index in [1.807, 2.05) is 7.05 Å². The average molecular weight is 325 g/mol. The molecular weight excluding hydrogens is 300 g/mol. The van der Waals surface area contributed by atoms with E-state index in [0.29, 0.717) is 0 Å². The maximum Gasteiger partial charge on any atom is 0.0423 e. The van der Waals surface area contributed by atoms with Crippen LogP contribution >= 0.6 is 15.9 Å². The van der Waals surface area contributed by atoms with Crippen molar-refractivity contribution in [3.8, 4) is 0 Å². The largest absolute Gasteiger partial charge is 0.371 e. The van der Waals surface area contributed by atoms with Gasteiger partial charge >= 0.3 is 0 Å². The molecule has 1 N–H and O–H groups in total. The molecule has 1 unspecified atom stereocenters. The summed E-state index contributed by atoms with van der Waals surface area (Å²) in [6.07, 6.45) is 5.38. The minimum absolute atomic E-state index is 0.921. The van der Waals surface area contributed by atoms with Gasteiger partial charge in [-0.1, -0.05) is 35.3 Å². The summed E-state index contributed by atoms with van der Waals surface area (Å²) in [5, 5.41) is 3.28. The van der Waals surface area contributed by atoms with Crippen LogP contribution in [0.1, 0.15) is 38.2 Å². The van der Waals surface area contributed by atoms with Gasteiger partial charge in [-0.2, -0.15) is 0 Å². The van der Waals surface area contributed by atoms with Gasteiger partial charge in [-0.15, -0.1) is 0 Å². The summed E-state index contributed by atoms with van der Waals surface area (Å²) >= 11 is 3.61. The van der Waals surface area contributed by atoms with Gasteiger partial charge in [0.25, 0.3) is 0 Å². The highest BCUT2D eigenvalue weighted by molar-refractivity contribution is 9.10. The quantitative estimate of drug-likeness (QED) is 0.893. The zero-order valence-corrected chi connectivity index (χ0v) is 13.7. The Morgan fingerprint density at radius 2 is 2.16 bits per heavy atom. The van der Waals surface area contributed by atoms with Crippen molar-refractivity contribution in [2.24, 2.45) is 5.92 Å². The summed E-state index contributed by atoms with van der Waals surface area (Å²) in [6, 6.07) is 6.65. The number of rotatable bonds is 4. The molecular formula is C16H25BrN2. The zero-order valence-electron chi connectivity index (χ0n) is 12.1. The van der Waals surface area contributed by atoms with Crippen LogP contribution in [-0.2, 0) is 6.54 Å². The van der Waals surface area contributed by atoms with Gasteiger partial charge in [0, 0.05) is 29.8 Å². The third-order valence-corrected chi connectivity index (χ3v) is 4.67. The standard InChI is InChI=1S/C16H25BrN2/c1-3-13-5-4-9-19(10-8-13)16-11-15(17)7-6-14(16)12-18-2/h6-7,11,13,18H,3-5,8-10,12H2,1-2H3. The fraction of sp³-hybridized carbons (Fsp3) is 0.625. The SMILES string of the molecule is CCC1CCCN(c2cc(Br)ccc2CNC)CC1. The second kappa shape index (κ2) is 7.30. The van der Waals surface area contributed by atoms with Crippen LogP contribution in [0.4, 0.5) is 5.69 Å². The van der Waals surface area contributed by atoms with Gasteiger partial charge in [0.1, 0.15) is 0 Å². The Morgan fingerprint density at radius 3 is 2.89 bits per heavy atom. The number of nitrogens with one attached hydrogen (secondary N) is 1. The first-order chi connectivity index (χ1) is 9.24. The Hall–Kier alpha value is -0.540. The molecule has 1 aromatic carbocycles. The first-order valence-corrected chi connectivity index (χ1v) is 8.22. The molecule has 0 aliphatic carbocycles. The van der Waals surface area contributed by atoms with Gasteiger partial charge in [0.2, 0.25) is 0 Å². The second-order valence-electron chi connectivity index (χ2n) is 5.50. The first-order valence-electron chi connectivity index (χ1n) is 7.42. The lowest BCUT2D eigenvalue weighted by atomic mass is 9.98. The number of nitrogens with zero attached hydrogens (tertiary/aromatic N) is 1. The van der Waals surface area contributed by atoms with Crippen molar-refractivity contribution in [3.05, 3.63) is 28.2 Å². The molecule has 106 valence electrons. The van der Waals surface area contributed by atoms with Gasteiger partial charge in [-0.3, -0.25) is 0 Å². The molecule has 1 aliphatic heterocycles. The molecule has 1 fully saturated rings. The summed E-state index contributed by atoms with van der Waals surface area (Å²) in [5.74, 6) is 0.921. The van der Waals surface area contributed by atoms with Gasteiger partial charge < -0.3 is 10.2 Å². The Bertz CT molecular complexity index is 406. The molecule has 1 heterocycles. The molecule has 19 heavy (non-hydrogen) atoms. The predicted octanol–water partition coefficient (Wildman–Crippen LogP) is 4.19. The van der Waals surface area contributed by atoms with E-state index in [-0.39, 0.29) is 0 Å². The number of hydrogen-bond donors (Lipinski definition) is 1. The average Bonchev–Trinajstić information content (AvgIpc) is 2.66. The third kappa shape index (κ3) is 3.96. The van der Waals surface area contributed by atoms with E-state index in [4.69, 9.17) is 0 Å². The topological polar surface area (TPSA) is 15.3 Å². The molecule has 2 nitrogen and oxygen atoms in total. The van der Waals surface area contributed by atoms with E-state index in [9.17, 15) is 0 Å². The molecule has 1 aromatic rings. The summed E-state index contributed by atoms with van der Waals surface area (Å²) < 4.78 is 1.18. The Balaban J connectivity index is 2.17. The van der Waals surface area contributed by atoms with Crippen LogP contribution in [0, 0.1) is 5.92 Å². The number of halogens is 1. The Kier molecular flexibility index (Phi) is 5.71. The normalized spacial score (nSPS) is 20.4. The molecule has 0 radical (unpaired) electrons. The zero-order chi connectivity index (χ0) is 13.7. The number of benzene rings is 1. The van der Waals surface area contributed by atoms with Gasteiger partial charge in [0.05, 0.1) is 0 Å². The highest BCUT2D eigenvalue weighted by Crippen LogP contribution is 2.29. The minimum Gasteiger partial charge on any atom is -0.371 e. The Morgan fingerprint density at radius 1 is 1.32 bits per heavy atom. The molecule has 3 heteroatoms. The Labute approximate surface area is 125 Å². The molecule has 1 saturated heterocycles. The summed E-state index contributed by atoms with van der Waals surface area (Å²) in [5.41, 5.74) is 2.81. The monoisotopic (exact) mass is 324 g/mol. The predicted molar refractivity (Wildman–Crippen MR) is 86.8 cm³/mol. The van der Waals surface area contributed by atoms with Gasteiger partial charge in [-0.25, -0.2) is 0 Å². The van der Waals surface area contributed by atoms with Crippen LogP contribution in [0.2, 0.25) is 0 Å². The van der Waals surface area contributed by atoms with Crippen LogP contribution < -0.4 is 10.2 Å². The van der Waals surface area contributed by atoms with Crippen molar-refractivity contribution in [1.82, 2.24) is 5.32 Å². The van der Waals surface area contributed by atoms with Crippen molar-refractivity contribution in [3.63, 3.8) is 0 Å². The molecule has 0 spiro atoms. The highest BCUT2D eigenvalue weighted by Gasteiger charge is 2.18. The number of hydrogen-bond acceptors (Lipinski definition) is 2. The van der Waals surface area contributed by atoms with E-state index < -0.39 is 0 Å². The van der Waals surface area contributed by atoms with Gasteiger partial charge in [0.15, 0.2) is 0 Å². The lowest BCUT2D eigenvalue weighted by Gasteiger charge is -2.26. The highest BCUT2D eigenvalue weighted by atomic mass is 79.9. The van der Waals surface area contributed by atoms with Crippen molar-refractivity contribution in [2.75, 3.05) is 25.0 Å². The number of anilines is 1. The second-order valence-corrected chi connectivity index (χ2v) is 6.41. The smallest absolute Gasteiger partial charge is 0.0423 e. The van der Waals surface area contributed by atoms with E-state index in [2.05, 4.69) is 51.3 Å². The minimum atomic E-state index is 0.921. The summed E-state index contributed by atoms with van der Waals surface area (Å²) in [6.45, 7) is 5.66. The molecule has 0 bridgehead atoms. The van der Waals surface area contributed by atoms with Crippen LogP contribution in [0.25, 0.3) is 0 Å². The van der Waals surface area contributed by atoms with Crippen LogP contribution in [0.15, 0.2) is 22.7 Å². The summed E-state index contributed by atoms with van der Waals surface area (Å²) in [7, 11) is 2.02. The first kappa shape index (κ1) is 14.9. The molecule has 1 aliphatic rings. The van der Waals surface area contributed by atoms with Crippen molar-refractivity contribution < 1.29 is 0 Å². The third-order valence-electron chi connectivity index (χ3n) is 4.18. The fourth-order valence-electron chi connectivity index (χ4n) is 2.99. The maximum atomic E-state index is 3.61. The van der Waals surface area contributed by atoms with Crippen molar-refractivity contribution >= 4 is 21.6 Å².